The summed E-state index contributed by atoms with van der Waals surface area (Å²) < 4.78 is 62.3. The van der Waals surface area contributed by atoms with Crippen molar-refractivity contribution in [1.29, 1.82) is 0 Å². The molecule has 0 spiro atoms. The Labute approximate surface area is 187 Å². The van der Waals surface area contributed by atoms with E-state index in [0.29, 0.717) is 43.3 Å². The third-order valence-electron chi connectivity index (χ3n) is 4.52. The van der Waals surface area contributed by atoms with Crippen molar-refractivity contribution >= 4 is 31.6 Å². The molecule has 0 bridgehead atoms. The van der Waals surface area contributed by atoms with Gasteiger partial charge in [0.25, 0.3) is 5.91 Å². The van der Waals surface area contributed by atoms with Crippen LogP contribution in [0.15, 0.2) is 53.4 Å². The van der Waals surface area contributed by atoms with E-state index in [2.05, 4.69) is 10.0 Å². The van der Waals surface area contributed by atoms with Gasteiger partial charge in [-0.2, -0.15) is 4.31 Å². The Balaban J connectivity index is 1.48. The minimum atomic E-state index is -3.56. The highest BCUT2D eigenvalue weighted by Crippen LogP contribution is 2.20. The second kappa shape index (κ2) is 10.3. The van der Waals surface area contributed by atoms with Gasteiger partial charge in [-0.1, -0.05) is 6.07 Å². The van der Waals surface area contributed by atoms with Gasteiger partial charge in [0.05, 0.1) is 30.9 Å². The zero-order chi connectivity index (χ0) is 23.2. The summed E-state index contributed by atoms with van der Waals surface area (Å²) in [6.07, 6.45) is 1.03. The maximum Gasteiger partial charge on any atom is 0.251 e. The van der Waals surface area contributed by atoms with Gasteiger partial charge in [-0.3, -0.25) is 9.52 Å². The molecule has 174 valence electrons. The number of carbonyl (C=O) groups is 1. The van der Waals surface area contributed by atoms with Crippen molar-refractivity contribution in [3.8, 4) is 5.75 Å². The van der Waals surface area contributed by atoms with Crippen molar-refractivity contribution in [2.24, 2.45) is 0 Å². The number of carbonyl (C=O) groups excluding carboxylic acids is 1. The van der Waals surface area contributed by atoms with Crippen LogP contribution in [0.1, 0.15) is 10.4 Å². The first-order valence-corrected chi connectivity index (χ1v) is 13.2. The Morgan fingerprint density at radius 3 is 2.41 bits per heavy atom. The topological polar surface area (TPSA) is 131 Å². The van der Waals surface area contributed by atoms with Crippen LogP contribution in [0, 0.1) is 0 Å². The van der Waals surface area contributed by atoms with Gasteiger partial charge in [0.1, 0.15) is 12.4 Å². The van der Waals surface area contributed by atoms with Crippen LogP contribution < -0.4 is 14.8 Å². The Kier molecular flexibility index (Phi) is 7.72. The summed E-state index contributed by atoms with van der Waals surface area (Å²) in [7, 11) is -7.00. The smallest absolute Gasteiger partial charge is 0.251 e. The summed E-state index contributed by atoms with van der Waals surface area (Å²) in [5, 5.41) is 2.68. The van der Waals surface area contributed by atoms with E-state index in [0.717, 1.165) is 6.26 Å². The van der Waals surface area contributed by atoms with E-state index in [4.69, 9.17) is 9.47 Å². The summed E-state index contributed by atoms with van der Waals surface area (Å²) >= 11 is 0. The molecule has 2 aromatic rings. The van der Waals surface area contributed by atoms with Crippen LogP contribution in [0.5, 0.6) is 5.75 Å². The molecule has 32 heavy (non-hydrogen) atoms. The van der Waals surface area contributed by atoms with Crippen LogP contribution in [0.2, 0.25) is 0 Å². The van der Waals surface area contributed by atoms with Crippen molar-refractivity contribution in [3.05, 3.63) is 54.1 Å². The number of nitrogens with one attached hydrogen (secondary N) is 2. The van der Waals surface area contributed by atoms with E-state index in [1.807, 2.05) is 0 Å². The second-order valence-electron chi connectivity index (χ2n) is 7.05. The van der Waals surface area contributed by atoms with Gasteiger partial charge < -0.3 is 14.8 Å². The number of rotatable bonds is 9. The molecule has 2 N–H and O–H groups in total. The van der Waals surface area contributed by atoms with E-state index < -0.39 is 20.0 Å². The van der Waals surface area contributed by atoms with Crippen LogP contribution >= 0.6 is 0 Å². The lowest BCUT2D eigenvalue weighted by Crippen LogP contribution is -2.40. The van der Waals surface area contributed by atoms with Gasteiger partial charge in [-0.15, -0.1) is 0 Å². The van der Waals surface area contributed by atoms with Crippen molar-refractivity contribution in [2.45, 2.75) is 4.90 Å². The van der Waals surface area contributed by atoms with Gasteiger partial charge in [0.2, 0.25) is 20.0 Å². The van der Waals surface area contributed by atoms with Crippen molar-refractivity contribution in [2.75, 3.05) is 50.4 Å². The van der Waals surface area contributed by atoms with Gasteiger partial charge in [0.15, 0.2) is 0 Å². The van der Waals surface area contributed by atoms with Crippen molar-refractivity contribution < 1.29 is 31.1 Å². The van der Waals surface area contributed by atoms with Gasteiger partial charge in [-0.25, -0.2) is 16.8 Å². The molecule has 1 fully saturated rings. The summed E-state index contributed by atoms with van der Waals surface area (Å²) in [5.41, 5.74) is 0.597. The normalized spacial score (nSPS) is 15.2. The van der Waals surface area contributed by atoms with Crippen LogP contribution in [0.3, 0.4) is 0 Å². The SMILES string of the molecule is CS(=O)(=O)Nc1cccc(C(=O)NCCOc2ccc(S(=O)(=O)N3CCOCC3)cc2)c1. The first-order chi connectivity index (χ1) is 15.1. The van der Waals surface area contributed by atoms with Crippen molar-refractivity contribution in [3.63, 3.8) is 0 Å². The summed E-state index contributed by atoms with van der Waals surface area (Å²) in [6.45, 7) is 1.79. The first-order valence-electron chi connectivity index (χ1n) is 9.82. The number of nitrogens with zero attached hydrogens (tertiary/aromatic N) is 1. The molecule has 1 aliphatic rings. The van der Waals surface area contributed by atoms with Crippen LogP contribution in [0.4, 0.5) is 5.69 Å². The van der Waals surface area contributed by atoms with Crippen molar-refractivity contribution in [1.82, 2.24) is 9.62 Å². The van der Waals surface area contributed by atoms with Crippen LogP contribution in [-0.2, 0) is 24.8 Å². The Morgan fingerprint density at radius 2 is 1.75 bits per heavy atom. The number of amides is 1. The first kappa shape index (κ1) is 24.0. The second-order valence-corrected chi connectivity index (χ2v) is 10.7. The van der Waals surface area contributed by atoms with Gasteiger partial charge >= 0.3 is 0 Å². The number of sulfonamides is 2. The molecule has 0 aromatic heterocycles. The zero-order valence-corrected chi connectivity index (χ0v) is 19.1. The van der Waals surface area contributed by atoms with Crippen LogP contribution in [-0.4, -0.2) is 72.8 Å². The maximum atomic E-state index is 12.6. The largest absolute Gasteiger partial charge is 0.492 e. The molecule has 1 aliphatic heterocycles. The van der Waals surface area contributed by atoms with E-state index in [1.165, 1.54) is 22.5 Å². The Morgan fingerprint density at radius 1 is 1.06 bits per heavy atom. The van der Waals surface area contributed by atoms with Gasteiger partial charge in [-0.05, 0) is 42.5 Å². The zero-order valence-electron chi connectivity index (χ0n) is 17.5. The van der Waals surface area contributed by atoms with E-state index in [1.54, 1.807) is 30.3 Å². The third-order valence-corrected chi connectivity index (χ3v) is 7.04. The molecule has 0 unspecified atom stereocenters. The third kappa shape index (κ3) is 6.66. The highest BCUT2D eigenvalue weighted by Gasteiger charge is 2.26. The molecule has 0 saturated carbocycles. The molecule has 0 radical (unpaired) electrons. The lowest BCUT2D eigenvalue weighted by molar-refractivity contribution is 0.0730. The number of ether oxygens (including phenoxy) is 2. The fourth-order valence-corrected chi connectivity index (χ4v) is 4.98. The average molecular weight is 484 g/mol. The molecule has 12 heteroatoms. The van der Waals surface area contributed by atoms with E-state index >= 15 is 0 Å². The fraction of sp³-hybridized carbons (Fsp3) is 0.350. The Hall–Kier alpha value is -2.67. The number of anilines is 1. The number of hydrogen-bond acceptors (Lipinski definition) is 7. The quantitative estimate of drug-likeness (QED) is 0.507. The molecule has 10 nitrogen and oxygen atoms in total. The number of morpholine rings is 1. The molecular formula is C20H25N3O7S2. The molecule has 0 atom stereocenters. The summed E-state index contributed by atoms with van der Waals surface area (Å²) in [5.74, 6) is 0.0947. The van der Waals surface area contributed by atoms with Gasteiger partial charge in [0, 0.05) is 24.3 Å². The minimum Gasteiger partial charge on any atom is -0.492 e. The number of hydrogen-bond donors (Lipinski definition) is 2. The molecular weight excluding hydrogens is 458 g/mol. The fourth-order valence-electron chi connectivity index (χ4n) is 3.02. The lowest BCUT2D eigenvalue weighted by Gasteiger charge is -2.26. The molecule has 3 rings (SSSR count). The maximum absolute atomic E-state index is 12.6. The molecule has 1 saturated heterocycles. The molecule has 2 aromatic carbocycles. The lowest BCUT2D eigenvalue weighted by atomic mass is 10.2. The highest BCUT2D eigenvalue weighted by molar-refractivity contribution is 7.92. The molecule has 0 aliphatic carbocycles. The van der Waals surface area contributed by atoms with E-state index in [-0.39, 0.29) is 24.0 Å². The molecule has 1 amide bonds. The van der Waals surface area contributed by atoms with E-state index in [9.17, 15) is 21.6 Å². The Bertz CT molecular complexity index is 1140. The monoisotopic (exact) mass is 483 g/mol. The predicted octanol–water partition coefficient (Wildman–Crippen LogP) is 0.888. The average Bonchev–Trinajstić information content (AvgIpc) is 2.76. The highest BCUT2D eigenvalue weighted by atomic mass is 32.2. The summed E-state index contributed by atoms with van der Waals surface area (Å²) in [6, 6.07) is 12.2. The van der Waals surface area contributed by atoms with Crippen LogP contribution in [0.25, 0.3) is 0 Å². The minimum absolute atomic E-state index is 0.169. The number of benzene rings is 2. The standard InChI is InChI=1S/C20H25N3O7S2/c1-31(25,26)22-17-4-2-3-16(15-17)20(24)21-9-12-30-18-5-7-19(8-6-18)32(27,28)23-10-13-29-14-11-23/h2-8,15,22H,9-14H2,1H3,(H,21,24). The molecule has 1 heterocycles. The summed E-state index contributed by atoms with van der Waals surface area (Å²) in [4.78, 5) is 12.4. The predicted molar refractivity (Wildman–Crippen MR) is 119 cm³/mol.